The van der Waals surface area contributed by atoms with Crippen LogP contribution in [0.15, 0.2) is 79.0 Å². The van der Waals surface area contributed by atoms with E-state index in [0.29, 0.717) is 17.3 Å². The Morgan fingerprint density at radius 3 is 2.52 bits per heavy atom. The molecule has 0 unspecified atom stereocenters. The van der Waals surface area contributed by atoms with Crippen LogP contribution in [-0.4, -0.2) is 32.0 Å². The first-order chi connectivity index (χ1) is 20.1. The number of thiocarbonyl (C=S) groups is 1. The van der Waals surface area contributed by atoms with Crippen molar-refractivity contribution in [2.45, 2.75) is 51.9 Å². The molecule has 1 saturated heterocycles. The summed E-state index contributed by atoms with van der Waals surface area (Å²) < 4.78 is 42.4. The molecule has 0 spiro atoms. The average molecular weight is 592 g/mol. The van der Waals surface area contributed by atoms with Crippen molar-refractivity contribution in [2.24, 2.45) is 0 Å². The first-order valence-corrected chi connectivity index (χ1v) is 14.2. The molecule has 4 aromatic rings. The van der Waals surface area contributed by atoms with Gasteiger partial charge >= 0.3 is 6.18 Å². The molecule has 1 aliphatic rings. The van der Waals surface area contributed by atoms with E-state index in [0.717, 1.165) is 52.4 Å². The number of alkyl halides is 3. The van der Waals surface area contributed by atoms with Gasteiger partial charge in [0, 0.05) is 41.9 Å². The van der Waals surface area contributed by atoms with Crippen molar-refractivity contribution in [3.8, 4) is 5.69 Å². The lowest BCUT2D eigenvalue weighted by Crippen LogP contribution is -2.33. The fraction of sp³-hybridized carbons (Fsp3) is 0.281. The molecule has 3 heterocycles. The van der Waals surface area contributed by atoms with E-state index in [1.165, 1.54) is 6.07 Å². The highest BCUT2D eigenvalue weighted by molar-refractivity contribution is 7.80. The second kappa shape index (κ2) is 12.0. The summed E-state index contributed by atoms with van der Waals surface area (Å²) in [6, 6.07) is 20.0. The molecule has 5 rings (SSSR count). The summed E-state index contributed by atoms with van der Waals surface area (Å²) in [4.78, 5) is 19.6. The predicted octanol–water partition coefficient (Wildman–Crippen LogP) is 7.07. The van der Waals surface area contributed by atoms with Crippen molar-refractivity contribution in [1.29, 1.82) is 0 Å². The van der Waals surface area contributed by atoms with Crippen LogP contribution in [0.4, 0.5) is 18.9 Å². The minimum Gasteiger partial charge on any atom is -0.352 e. The molecule has 0 radical (unpaired) electrons. The summed E-state index contributed by atoms with van der Waals surface area (Å²) in [6.45, 7) is 6.15. The zero-order valence-corrected chi connectivity index (χ0v) is 24.4. The summed E-state index contributed by atoms with van der Waals surface area (Å²) in [5.74, 6) is -0.131. The summed E-state index contributed by atoms with van der Waals surface area (Å²) in [7, 11) is 0. The largest absolute Gasteiger partial charge is 0.416 e. The van der Waals surface area contributed by atoms with Gasteiger partial charge in [-0.25, -0.2) is 0 Å². The summed E-state index contributed by atoms with van der Waals surface area (Å²) in [5, 5.41) is 6.90. The van der Waals surface area contributed by atoms with E-state index in [-0.39, 0.29) is 24.4 Å². The number of aryl methyl sites for hydroxylation is 2. The van der Waals surface area contributed by atoms with Gasteiger partial charge in [0.2, 0.25) is 5.91 Å². The quantitative estimate of drug-likeness (QED) is 0.215. The first kappa shape index (κ1) is 29.3. The molecule has 218 valence electrons. The van der Waals surface area contributed by atoms with Crippen LogP contribution >= 0.6 is 12.2 Å². The fourth-order valence-corrected chi connectivity index (χ4v) is 6.01. The normalized spacial score (nSPS) is 16.9. The molecule has 0 saturated carbocycles. The molecule has 42 heavy (non-hydrogen) atoms. The van der Waals surface area contributed by atoms with Crippen LogP contribution in [0.1, 0.15) is 59.2 Å². The van der Waals surface area contributed by atoms with E-state index in [2.05, 4.69) is 15.6 Å². The Bertz CT molecular complexity index is 1600. The molecular formula is C32H32F3N5OS. The van der Waals surface area contributed by atoms with E-state index in [1.807, 2.05) is 78.8 Å². The number of anilines is 1. The number of nitrogens with one attached hydrogen (secondary N) is 2. The third-order valence-electron chi connectivity index (χ3n) is 7.67. The van der Waals surface area contributed by atoms with Crippen LogP contribution in [-0.2, 0) is 17.4 Å². The molecule has 2 N–H and O–H groups in total. The predicted molar refractivity (Wildman–Crippen MR) is 161 cm³/mol. The number of hydrogen-bond acceptors (Lipinski definition) is 3. The highest BCUT2D eigenvalue weighted by Crippen LogP contribution is 2.42. The number of carbonyl (C=O) groups is 1. The van der Waals surface area contributed by atoms with Crippen LogP contribution in [0.2, 0.25) is 0 Å². The van der Waals surface area contributed by atoms with Crippen molar-refractivity contribution < 1.29 is 18.0 Å². The zero-order chi connectivity index (χ0) is 30.0. The third kappa shape index (κ3) is 5.90. The van der Waals surface area contributed by atoms with Gasteiger partial charge in [0.1, 0.15) is 0 Å². The van der Waals surface area contributed by atoms with Crippen molar-refractivity contribution in [1.82, 2.24) is 19.8 Å². The van der Waals surface area contributed by atoms with Crippen molar-refractivity contribution >= 4 is 28.9 Å². The zero-order valence-electron chi connectivity index (χ0n) is 23.6. The van der Waals surface area contributed by atoms with Crippen LogP contribution in [0.5, 0.6) is 0 Å². The Balaban J connectivity index is 1.48. The van der Waals surface area contributed by atoms with Gasteiger partial charge in [-0.3, -0.25) is 9.78 Å². The van der Waals surface area contributed by atoms with Crippen LogP contribution in [0.3, 0.4) is 0 Å². The van der Waals surface area contributed by atoms with E-state index < -0.39 is 11.7 Å². The van der Waals surface area contributed by atoms with Crippen molar-refractivity contribution in [3.05, 3.63) is 113 Å². The Labute approximate surface area is 248 Å². The minimum atomic E-state index is -4.45. The van der Waals surface area contributed by atoms with Gasteiger partial charge in [0.25, 0.3) is 0 Å². The molecule has 2 aromatic carbocycles. The smallest absolute Gasteiger partial charge is 0.352 e. The molecule has 0 aliphatic carbocycles. The van der Waals surface area contributed by atoms with Crippen LogP contribution < -0.4 is 10.6 Å². The number of amides is 1. The summed E-state index contributed by atoms with van der Waals surface area (Å²) in [6.07, 6.45) is -1.75. The fourth-order valence-electron chi connectivity index (χ4n) is 5.68. The molecule has 2 atom stereocenters. The molecule has 6 nitrogen and oxygen atoms in total. The van der Waals surface area contributed by atoms with Gasteiger partial charge in [-0.2, -0.15) is 13.2 Å². The maximum Gasteiger partial charge on any atom is 0.416 e. The molecular weight excluding hydrogens is 559 g/mol. The van der Waals surface area contributed by atoms with Gasteiger partial charge in [0.15, 0.2) is 5.11 Å². The Hall–Kier alpha value is -4.18. The lowest BCUT2D eigenvalue weighted by molar-refractivity contribution is -0.137. The number of para-hydroxylation sites is 1. The molecule has 1 fully saturated rings. The lowest BCUT2D eigenvalue weighted by Gasteiger charge is -2.28. The maximum absolute atomic E-state index is 13.5. The number of carbonyl (C=O) groups excluding carboxylic acids is 1. The average Bonchev–Trinajstić information content (AvgIpc) is 3.46. The van der Waals surface area contributed by atoms with Gasteiger partial charge in [-0.1, -0.05) is 37.3 Å². The highest BCUT2D eigenvalue weighted by Gasteiger charge is 2.41. The SMILES string of the molecule is CCc1ccccc1NC(=O)CCN1C(=S)N[C@H](c2ccccn2)[C@@H]1c1cc(C)n(-c2cccc(C(F)(F)F)c2)c1C. The van der Waals surface area contributed by atoms with Crippen molar-refractivity contribution in [3.63, 3.8) is 0 Å². The number of pyridine rings is 1. The standard InChI is InChI=1S/C32H32F3N5OS/c1-4-22-10-5-6-13-26(22)37-28(41)15-17-39-30(29(38-31(39)42)27-14-7-8-16-36-27)25-18-20(2)40(21(25)3)24-12-9-11-23(19-24)32(33,34)35/h5-14,16,18-19,29-30H,4,15,17H2,1-3H3,(H,37,41)(H,38,42)/t29-,30+/m1/s1. The van der Waals surface area contributed by atoms with Crippen molar-refractivity contribution in [2.75, 3.05) is 11.9 Å². The van der Waals surface area contributed by atoms with E-state index >= 15 is 0 Å². The second-order valence-electron chi connectivity index (χ2n) is 10.3. The van der Waals surface area contributed by atoms with Crippen LogP contribution in [0, 0.1) is 13.8 Å². The molecule has 10 heteroatoms. The number of halogens is 3. The van der Waals surface area contributed by atoms with Gasteiger partial charge in [-0.15, -0.1) is 0 Å². The molecule has 2 aromatic heterocycles. The first-order valence-electron chi connectivity index (χ1n) is 13.8. The van der Waals surface area contributed by atoms with E-state index in [9.17, 15) is 18.0 Å². The van der Waals surface area contributed by atoms with Crippen LogP contribution in [0.25, 0.3) is 5.69 Å². The van der Waals surface area contributed by atoms with E-state index in [4.69, 9.17) is 12.2 Å². The number of benzene rings is 2. The van der Waals surface area contributed by atoms with Gasteiger partial charge < -0.3 is 20.1 Å². The molecule has 1 aliphatic heterocycles. The summed E-state index contributed by atoms with van der Waals surface area (Å²) >= 11 is 5.77. The Morgan fingerprint density at radius 1 is 1.05 bits per heavy atom. The number of nitrogens with zero attached hydrogens (tertiary/aromatic N) is 3. The topological polar surface area (TPSA) is 62.2 Å². The maximum atomic E-state index is 13.5. The molecule has 1 amide bonds. The number of hydrogen-bond donors (Lipinski definition) is 2. The van der Waals surface area contributed by atoms with Gasteiger partial charge in [0.05, 0.1) is 23.3 Å². The third-order valence-corrected chi connectivity index (χ3v) is 8.02. The Morgan fingerprint density at radius 2 is 1.81 bits per heavy atom. The number of rotatable bonds is 8. The molecule has 0 bridgehead atoms. The van der Waals surface area contributed by atoms with E-state index in [1.54, 1.807) is 12.3 Å². The minimum absolute atomic E-state index is 0.131. The summed E-state index contributed by atoms with van der Waals surface area (Å²) in [5.41, 5.74) is 4.81. The highest BCUT2D eigenvalue weighted by atomic mass is 32.1. The second-order valence-corrected chi connectivity index (χ2v) is 10.7. The Kier molecular flexibility index (Phi) is 8.36. The van der Waals surface area contributed by atoms with Gasteiger partial charge in [-0.05, 0) is 86.1 Å². The monoisotopic (exact) mass is 591 g/mol. The number of aromatic nitrogens is 2. The lowest BCUT2D eigenvalue weighted by atomic mass is 9.96.